The van der Waals surface area contributed by atoms with Gasteiger partial charge in [-0.2, -0.15) is 0 Å². The summed E-state index contributed by atoms with van der Waals surface area (Å²) in [4.78, 5) is 34.2. The van der Waals surface area contributed by atoms with Crippen molar-refractivity contribution >= 4 is 62.1 Å². The minimum atomic E-state index is -2.66. The third kappa shape index (κ3) is 92.2. The molecule has 0 saturated heterocycles. The number of carbonyl (C=O) groups is 3. The topological polar surface area (TPSA) is 243 Å². The molecule has 20 heteroatoms. The predicted molar refractivity (Wildman–Crippen MR) is 201 cm³/mol. The summed E-state index contributed by atoms with van der Waals surface area (Å²) in [5, 5.41) is 19.1. The second kappa shape index (κ2) is 49.7. The molecule has 286 valence electrons. The van der Waals surface area contributed by atoms with E-state index in [0.29, 0.717) is 37.3 Å². The summed E-state index contributed by atoms with van der Waals surface area (Å²) in [6.07, 6.45) is 2.20. The van der Waals surface area contributed by atoms with Gasteiger partial charge in [-0.25, -0.2) is 22.8 Å². The average molecular weight is 742 g/mol. The van der Waals surface area contributed by atoms with Crippen molar-refractivity contribution in [1.29, 1.82) is 0 Å². The number of hydrogen-bond acceptors (Lipinski definition) is 10. The van der Waals surface area contributed by atoms with Crippen LogP contribution >= 0.6 is 12.2 Å². The maximum Gasteiger partial charge on any atom is 0.407 e. The molecule has 0 saturated carbocycles. The Kier molecular flexibility index (Phi) is 62.8. The van der Waals surface area contributed by atoms with Gasteiger partial charge in [0.1, 0.15) is 9.84 Å². The van der Waals surface area contributed by atoms with E-state index in [1.165, 1.54) is 13.4 Å². The van der Waals surface area contributed by atoms with E-state index in [1.54, 1.807) is 41.2 Å². The third-order valence-corrected chi connectivity index (χ3v) is 5.97. The monoisotopic (exact) mass is 741 g/mol. The van der Waals surface area contributed by atoms with Crippen LogP contribution in [0.15, 0.2) is 4.99 Å². The molecule has 0 radical (unpaired) electrons. The van der Waals surface area contributed by atoms with Crippen molar-refractivity contribution in [3.63, 3.8) is 0 Å². The quantitative estimate of drug-likeness (QED) is 0.0990. The molecule has 0 aromatic rings. The summed E-state index contributed by atoms with van der Waals surface area (Å²) in [6.45, 7) is 18.9. The Balaban J connectivity index is -0.0000000797. The number of nitrogens with one attached hydrogen (secondary N) is 7. The van der Waals surface area contributed by atoms with Crippen LogP contribution in [0.5, 0.6) is 0 Å². The van der Waals surface area contributed by atoms with E-state index in [9.17, 15) is 27.0 Å². The molecular weight excluding hydrogens is 675 g/mol. The van der Waals surface area contributed by atoms with E-state index in [0.717, 1.165) is 18.8 Å². The number of guanidine groups is 1. The number of alkyl carbamates (subject to hydrolysis) is 2. The van der Waals surface area contributed by atoms with Gasteiger partial charge in [0.15, 0.2) is 11.1 Å². The van der Waals surface area contributed by atoms with Crippen molar-refractivity contribution in [3.8, 4) is 0 Å². The molecule has 0 rings (SSSR count). The summed E-state index contributed by atoms with van der Waals surface area (Å²) < 4.78 is 38.7. The lowest BCUT2D eigenvalue weighted by Gasteiger charge is -2.00. The highest BCUT2D eigenvalue weighted by molar-refractivity contribution is 7.90. The molecular formula is C27H67N9O8S3. The molecule has 0 aliphatic heterocycles. The van der Waals surface area contributed by atoms with Gasteiger partial charge in [-0.15, -0.1) is 0 Å². The molecule has 0 aliphatic rings. The van der Waals surface area contributed by atoms with Crippen molar-refractivity contribution in [1.82, 2.24) is 37.2 Å². The third-order valence-electron chi connectivity index (χ3n) is 3.76. The van der Waals surface area contributed by atoms with Crippen LogP contribution in [0.3, 0.4) is 0 Å². The highest BCUT2D eigenvalue weighted by Gasteiger charge is 1.93. The molecule has 4 amide bonds. The maximum atomic E-state index is 10.3. The minimum absolute atomic E-state index is 0.123. The molecule has 0 aromatic carbocycles. The van der Waals surface area contributed by atoms with Crippen LogP contribution in [0.25, 0.3) is 0 Å². The summed E-state index contributed by atoms with van der Waals surface area (Å²) >= 11 is 4.73. The first kappa shape index (κ1) is 59.3. The van der Waals surface area contributed by atoms with Gasteiger partial charge in [-0.3, -0.25) is 9.20 Å². The molecule has 0 bridgehead atoms. The van der Waals surface area contributed by atoms with Crippen molar-refractivity contribution in [3.05, 3.63) is 0 Å². The zero-order valence-corrected chi connectivity index (χ0v) is 33.6. The van der Waals surface area contributed by atoms with Gasteiger partial charge in [0.05, 0.1) is 13.7 Å². The number of rotatable bonds is 8. The number of ether oxygens (including phenoxy) is 2. The summed E-state index contributed by atoms with van der Waals surface area (Å²) in [6, 6.07) is -0.123. The van der Waals surface area contributed by atoms with Gasteiger partial charge in [-0.05, 0) is 53.8 Å². The normalized spacial score (nSPS) is 9.62. The number of amides is 4. The van der Waals surface area contributed by atoms with Gasteiger partial charge in [0.2, 0.25) is 0 Å². The van der Waals surface area contributed by atoms with Gasteiger partial charge >= 0.3 is 18.2 Å². The Morgan fingerprint density at radius 2 is 1.17 bits per heavy atom. The number of nitrogens with two attached hydrogens (primary N) is 1. The van der Waals surface area contributed by atoms with Gasteiger partial charge in [0, 0.05) is 88.7 Å². The first-order valence-electron chi connectivity index (χ1n) is 14.9. The highest BCUT2D eigenvalue weighted by atomic mass is 32.2. The smallest absolute Gasteiger partial charge is 0.407 e. The Morgan fingerprint density at radius 3 is 1.32 bits per heavy atom. The second-order valence-corrected chi connectivity index (χ2v) is 12.3. The van der Waals surface area contributed by atoms with Crippen LogP contribution in [0.1, 0.15) is 55.4 Å². The number of carbonyl (C=O) groups excluding carboxylic acids is 3. The van der Waals surface area contributed by atoms with Crippen LogP contribution in [0.2, 0.25) is 0 Å². The van der Waals surface area contributed by atoms with Crippen LogP contribution in [-0.2, 0) is 30.1 Å². The second-order valence-electron chi connectivity index (χ2n) is 7.71. The lowest BCUT2D eigenvalue weighted by molar-refractivity contribution is 0.153. The van der Waals surface area contributed by atoms with E-state index in [4.69, 9.17) is 18.0 Å². The Labute approximate surface area is 292 Å². The minimum Gasteiger partial charge on any atom is -0.453 e. The van der Waals surface area contributed by atoms with Gasteiger partial charge in [0.25, 0.3) is 0 Å². The zero-order chi connectivity index (χ0) is 38.7. The van der Waals surface area contributed by atoms with Crippen molar-refractivity contribution in [2.45, 2.75) is 55.4 Å². The molecule has 0 aliphatic carbocycles. The molecule has 0 spiro atoms. The largest absolute Gasteiger partial charge is 0.453 e. The number of thiocarbonyl (C=S) groups is 1. The molecule has 17 nitrogen and oxygen atoms in total. The highest BCUT2D eigenvalue weighted by Crippen LogP contribution is 1.75. The Hall–Kier alpha value is -3.13. The molecule has 1 atom stereocenters. The number of hydrogen-bond donors (Lipinski definition) is 8. The van der Waals surface area contributed by atoms with E-state index in [1.807, 2.05) is 41.5 Å². The summed E-state index contributed by atoms with van der Waals surface area (Å²) in [5.41, 5.74) is 5.22. The number of methoxy groups -OCH3 is 1. The fraction of sp³-hybridized carbons (Fsp3) is 0.815. The van der Waals surface area contributed by atoms with Crippen LogP contribution in [-0.4, -0.2) is 134 Å². The standard InChI is InChI=1S/C5H11NO2.C4H11N3.C4H10N2O.C4H10N2S.C4H9NO2.C3H8O2S.C3H8OS/c1-3-6-5(7)8-4-2;1-3-7-4(5)6-2;2*1-3-6-4(7)5-2;1-3-5-4(6)7-2;1-3-6(2,4)5;1-3-5(2)4/h3-4H2,1-2H3,(H,6,7);3H2,1-2H3,(H3,5,6,7);2*3H2,1-2H3,(H2,5,6,7);3H2,1-2H3,(H,5,6);3H2,1-2H3;3H2,1-2H3. The SMILES string of the molecule is CCNC(=O)NC.CCNC(=O)OC.CCNC(=O)OCC.CCNC(=S)NC.CCNC(N)=NC.CCS(C)(=O)=O.CCS(C)=O. The molecule has 0 fully saturated rings. The Bertz CT molecular complexity index is 831. The van der Waals surface area contributed by atoms with E-state index in [-0.39, 0.29) is 24.0 Å². The van der Waals surface area contributed by atoms with Crippen LogP contribution in [0.4, 0.5) is 14.4 Å². The number of nitrogens with zero attached hydrogens (tertiary/aromatic N) is 1. The number of urea groups is 1. The molecule has 47 heavy (non-hydrogen) atoms. The van der Waals surface area contributed by atoms with E-state index >= 15 is 0 Å². The summed E-state index contributed by atoms with van der Waals surface area (Å²) in [5.74, 6) is 1.52. The Morgan fingerprint density at radius 1 is 0.787 bits per heavy atom. The van der Waals surface area contributed by atoms with Gasteiger partial charge in [-0.1, -0.05) is 13.8 Å². The number of aliphatic imine (C=N–C) groups is 1. The predicted octanol–water partition coefficient (Wildman–Crippen LogP) is 1.13. The maximum absolute atomic E-state index is 10.3. The van der Waals surface area contributed by atoms with Crippen LogP contribution < -0.4 is 43.0 Å². The van der Waals surface area contributed by atoms with Gasteiger partial charge < -0.3 is 52.4 Å². The first-order chi connectivity index (χ1) is 21.9. The lowest BCUT2D eigenvalue weighted by atomic mass is 10.7. The van der Waals surface area contributed by atoms with Crippen molar-refractivity contribution < 1.29 is 36.5 Å². The van der Waals surface area contributed by atoms with E-state index in [2.05, 4.69) is 51.7 Å². The lowest BCUT2D eigenvalue weighted by Crippen LogP contribution is -2.32. The molecule has 0 heterocycles. The molecule has 1 unspecified atom stereocenters. The van der Waals surface area contributed by atoms with Crippen LogP contribution in [0, 0.1) is 0 Å². The van der Waals surface area contributed by atoms with E-state index < -0.39 is 20.6 Å². The van der Waals surface area contributed by atoms with Crippen molar-refractivity contribution in [2.75, 3.05) is 91.6 Å². The zero-order valence-electron chi connectivity index (χ0n) is 31.2. The fourth-order valence-corrected chi connectivity index (χ4v) is 1.45. The molecule has 9 N–H and O–H groups in total. The first-order valence-corrected chi connectivity index (χ1v) is 19.1. The number of sulfone groups is 1. The average Bonchev–Trinajstić information content (AvgIpc) is 3.03. The van der Waals surface area contributed by atoms with Crippen molar-refractivity contribution in [2.24, 2.45) is 10.7 Å². The fourth-order valence-electron chi connectivity index (χ4n) is 1.30. The summed E-state index contributed by atoms with van der Waals surface area (Å²) in [7, 11) is 3.14. The molecule has 0 aromatic heterocycles.